The number of amides is 1. The molecule has 1 fully saturated rings. The van der Waals surface area contributed by atoms with Gasteiger partial charge in [-0.1, -0.05) is 6.92 Å². The van der Waals surface area contributed by atoms with Crippen molar-refractivity contribution in [3.05, 3.63) is 45.9 Å². The molecule has 2 aromatic rings. The highest BCUT2D eigenvalue weighted by atomic mass is 19.2. The molecule has 0 atom stereocenters. The molecule has 128 valence electrons. The molecule has 0 aliphatic carbocycles. The van der Waals surface area contributed by atoms with Crippen LogP contribution in [-0.2, 0) is 6.54 Å². The topological polar surface area (TPSA) is 42.3 Å². The molecule has 3 rings (SSSR count). The van der Waals surface area contributed by atoms with Crippen LogP contribution in [0.4, 0.5) is 8.78 Å². The molecule has 6 heteroatoms. The van der Waals surface area contributed by atoms with Crippen molar-refractivity contribution in [2.24, 2.45) is 0 Å². The highest BCUT2D eigenvalue weighted by Gasteiger charge is 2.23. The Hall–Kier alpha value is -2.24. The second-order valence-corrected chi connectivity index (χ2v) is 6.19. The van der Waals surface area contributed by atoms with Crippen molar-refractivity contribution in [1.82, 2.24) is 9.47 Å². The molecule has 0 N–H and O–H groups in total. The number of likely N-dealkylation sites (tertiary alicyclic amines) is 1. The van der Waals surface area contributed by atoms with Crippen LogP contribution in [0.5, 0.6) is 0 Å². The van der Waals surface area contributed by atoms with E-state index >= 15 is 0 Å². The highest BCUT2D eigenvalue weighted by Crippen LogP contribution is 2.19. The second kappa shape index (κ2) is 6.71. The number of rotatable bonds is 3. The smallest absolute Gasteiger partial charge is 0.270 e. The van der Waals surface area contributed by atoms with Gasteiger partial charge in [0.25, 0.3) is 11.5 Å². The van der Waals surface area contributed by atoms with E-state index in [0.29, 0.717) is 26.1 Å². The Balaban J connectivity index is 2.17. The average Bonchev–Trinajstić information content (AvgIpc) is 2.59. The Morgan fingerprint density at radius 2 is 1.75 bits per heavy atom. The monoisotopic (exact) mass is 334 g/mol. The van der Waals surface area contributed by atoms with E-state index in [9.17, 15) is 18.4 Å². The fraction of sp³-hybridized carbons (Fsp3) is 0.444. The summed E-state index contributed by atoms with van der Waals surface area (Å²) < 4.78 is 28.4. The van der Waals surface area contributed by atoms with E-state index < -0.39 is 17.2 Å². The van der Waals surface area contributed by atoms with E-state index in [4.69, 9.17) is 0 Å². The molecule has 0 spiro atoms. The number of halogens is 2. The lowest BCUT2D eigenvalue weighted by Crippen LogP contribution is -2.39. The Morgan fingerprint density at radius 3 is 2.42 bits per heavy atom. The standard InChI is InChI=1S/C18H20F2N2O2/c1-2-6-22-16(18(24)21-7-4-3-5-8-21)10-12-9-14(19)15(20)11-13(12)17(22)23/h9-11H,2-8H2,1H3. The maximum absolute atomic E-state index is 13.5. The van der Waals surface area contributed by atoms with E-state index in [2.05, 4.69) is 0 Å². The van der Waals surface area contributed by atoms with E-state index in [-0.39, 0.29) is 22.4 Å². The van der Waals surface area contributed by atoms with Gasteiger partial charge >= 0.3 is 0 Å². The summed E-state index contributed by atoms with van der Waals surface area (Å²) in [6.07, 6.45) is 3.64. The molecule has 1 aliphatic rings. The average molecular weight is 334 g/mol. The third kappa shape index (κ3) is 2.92. The summed E-state index contributed by atoms with van der Waals surface area (Å²) in [6.45, 7) is 3.59. The van der Waals surface area contributed by atoms with Crippen LogP contribution >= 0.6 is 0 Å². The molecule has 24 heavy (non-hydrogen) atoms. The first kappa shape index (κ1) is 16.6. The number of carbonyl (C=O) groups is 1. The van der Waals surface area contributed by atoms with Crippen molar-refractivity contribution in [3.63, 3.8) is 0 Å². The minimum absolute atomic E-state index is 0.0949. The molecule has 1 aliphatic heterocycles. The quantitative estimate of drug-likeness (QED) is 0.864. The van der Waals surface area contributed by atoms with Crippen LogP contribution in [-0.4, -0.2) is 28.5 Å². The van der Waals surface area contributed by atoms with Crippen molar-refractivity contribution in [2.75, 3.05) is 13.1 Å². The third-order valence-electron chi connectivity index (χ3n) is 4.46. The summed E-state index contributed by atoms with van der Waals surface area (Å²) in [5.41, 5.74) is -0.198. The molecule has 1 amide bonds. The lowest BCUT2D eigenvalue weighted by molar-refractivity contribution is 0.0712. The van der Waals surface area contributed by atoms with Gasteiger partial charge in [-0.05, 0) is 49.3 Å². The SMILES string of the molecule is CCCn1c(C(=O)N2CCCCC2)cc2cc(F)c(F)cc2c1=O. The number of fused-ring (bicyclic) bond motifs is 1. The van der Waals surface area contributed by atoms with Crippen LogP contribution in [0.25, 0.3) is 10.8 Å². The fourth-order valence-corrected chi connectivity index (χ4v) is 3.23. The van der Waals surface area contributed by atoms with Crippen LogP contribution < -0.4 is 5.56 Å². The first-order valence-corrected chi connectivity index (χ1v) is 8.34. The predicted octanol–water partition coefficient (Wildman–Crippen LogP) is 3.32. The van der Waals surface area contributed by atoms with Crippen LogP contribution in [0.1, 0.15) is 43.1 Å². The number of nitrogens with zero attached hydrogens (tertiary/aromatic N) is 2. The van der Waals surface area contributed by atoms with E-state index in [0.717, 1.165) is 31.4 Å². The van der Waals surface area contributed by atoms with Crippen LogP contribution in [0.3, 0.4) is 0 Å². The van der Waals surface area contributed by atoms with E-state index in [1.165, 1.54) is 10.6 Å². The zero-order chi connectivity index (χ0) is 17.3. The lowest BCUT2D eigenvalue weighted by atomic mass is 10.1. The molecule has 0 radical (unpaired) electrons. The fourth-order valence-electron chi connectivity index (χ4n) is 3.23. The van der Waals surface area contributed by atoms with Gasteiger partial charge in [0.1, 0.15) is 5.69 Å². The normalized spacial score (nSPS) is 15.0. The van der Waals surface area contributed by atoms with Crippen molar-refractivity contribution >= 4 is 16.7 Å². The number of hydrogen-bond acceptors (Lipinski definition) is 2. The largest absolute Gasteiger partial charge is 0.337 e. The zero-order valence-electron chi connectivity index (χ0n) is 13.6. The Labute approximate surface area is 138 Å². The van der Waals surface area contributed by atoms with Gasteiger partial charge in [-0.15, -0.1) is 0 Å². The summed E-state index contributed by atoms with van der Waals surface area (Å²) >= 11 is 0. The Morgan fingerprint density at radius 1 is 1.08 bits per heavy atom. The van der Waals surface area contributed by atoms with Crippen molar-refractivity contribution in [1.29, 1.82) is 0 Å². The highest BCUT2D eigenvalue weighted by molar-refractivity contribution is 5.96. The second-order valence-electron chi connectivity index (χ2n) is 6.19. The van der Waals surface area contributed by atoms with Crippen molar-refractivity contribution in [3.8, 4) is 0 Å². The molecular weight excluding hydrogens is 314 g/mol. The predicted molar refractivity (Wildman–Crippen MR) is 88.2 cm³/mol. The number of pyridine rings is 1. The van der Waals surface area contributed by atoms with Crippen molar-refractivity contribution < 1.29 is 13.6 Å². The van der Waals surface area contributed by atoms with Gasteiger partial charge < -0.3 is 9.47 Å². The van der Waals surface area contributed by atoms with Crippen LogP contribution in [0.2, 0.25) is 0 Å². The molecule has 0 unspecified atom stereocenters. The maximum atomic E-state index is 13.5. The minimum Gasteiger partial charge on any atom is -0.337 e. The first-order chi connectivity index (χ1) is 11.5. The molecule has 4 nitrogen and oxygen atoms in total. The van der Waals surface area contributed by atoms with Crippen molar-refractivity contribution in [2.45, 2.75) is 39.2 Å². The first-order valence-electron chi connectivity index (χ1n) is 8.34. The number of aromatic nitrogens is 1. The van der Waals surface area contributed by atoms with Gasteiger partial charge in [0.15, 0.2) is 11.6 Å². The molecule has 1 aromatic carbocycles. The minimum atomic E-state index is -1.06. The Bertz CT molecular complexity index is 839. The molecule has 1 saturated heterocycles. The van der Waals surface area contributed by atoms with Crippen LogP contribution in [0, 0.1) is 11.6 Å². The summed E-state index contributed by atoms with van der Waals surface area (Å²) in [6, 6.07) is 3.40. The molecule has 2 heterocycles. The van der Waals surface area contributed by atoms with Crippen LogP contribution in [0.15, 0.2) is 23.0 Å². The zero-order valence-corrected chi connectivity index (χ0v) is 13.6. The summed E-state index contributed by atoms with van der Waals surface area (Å²) in [5, 5.41) is 0.351. The molecule has 0 saturated carbocycles. The van der Waals surface area contributed by atoms with Gasteiger partial charge in [0.2, 0.25) is 0 Å². The lowest BCUT2D eigenvalue weighted by Gasteiger charge is -2.28. The summed E-state index contributed by atoms with van der Waals surface area (Å²) in [5.74, 6) is -2.30. The maximum Gasteiger partial charge on any atom is 0.270 e. The molecule has 0 bridgehead atoms. The molecule has 1 aromatic heterocycles. The summed E-state index contributed by atoms with van der Waals surface area (Å²) in [4.78, 5) is 27.3. The van der Waals surface area contributed by atoms with E-state index in [1.54, 1.807) is 4.90 Å². The van der Waals surface area contributed by atoms with Gasteiger partial charge in [0.05, 0.1) is 5.39 Å². The van der Waals surface area contributed by atoms with Gasteiger partial charge in [-0.3, -0.25) is 9.59 Å². The Kier molecular flexibility index (Phi) is 4.64. The summed E-state index contributed by atoms with van der Waals surface area (Å²) in [7, 11) is 0. The number of hydrogen-bond donors (Lipinski definition) is 0. The number of carbonyl (C=O) groups excluding carboxylic acids is 1. The number of piperidine rings is 1. The van der Waals surface area contributed by atoms with E-state index in [1.807, 2.05) is 6.92 Å². The third-order valence-corrected chi connectivity index (χ3v) is 4.46. The van der Waals surface area contributed by atoms with Gasteiger partial charge in [-0.25, -0.2) is 8.78 Å². The number of benzene rings is 1. The molecular formula is C18H20F2N2O2. The van der Waals surface area contributed by atoms with Gasteiger partial charge in [0, 0.05) is 19.6 Å². The van der Waals surface area contributed by atoms with Gasteiger partial charge in [-0.2, -0.15) is 0 Å².